The largest absolute Gasteiger partial charge is 0.372 e. The van der Waals surface area contributed by atoms with E-state index in [4.69, 9.17) is 10.5 Å². The Balaban J connectivity index is 2.00. The number of hydrogen-bond donors (Lipinski definition) is 1. The summed E-state index contributed by atoms with van der Waals surface area (Å²) in [4.78, 5) is 13.4. The number of primary amides is 1. The molecule has 3 unspecified atom stereocenters. The van der Waals surface area contributed by atoms with Gasteiger partial charge in [-0.1, -0.05) is 6.92 Å². The summed E-state index contributed by atoms with van der Waals surface area (Å²) < 4.78 is 5.71. The van der Waals surface area contributed by atoms with Crippen LogP contribution in [-0.2, 0) is 9.53 Å². The normalized spacial score (nSPS) is 34.4. The molecular weight excluding hydrogens is 180 g/mol. The van der Waals surface area contributed by atoms with Crippen LogP contribution in [-0.4, -0.2) is 42.1 Å². The fourth-order valence-electron chi connectivity index (χ4n) is 2.54. The Morgan fingerprint density at radius 3 is 2.50 bits per heavy atom. The molecule has 1 amide bonds. The van der Waals surface area contributed by atoms with Crippen LogP contribution in [0, 0.1) is 0 Å². The summed E-state index contributed by atoms with van der Waals surface area (Å²) in [7, 11) is 0. The van der Waals surface area contributed by atoms with Gasteiger partial charge >= 0.3 is 0 Å². The number of ether oxygens (including phenoxy) is 1. The van der Waals surface area contributed by atoms with Crippen molar-refractivity contribution >= 4 is 5.91 Å². The van der Waals surface area contributed by atoms with Crippen molar-refractivity contribution in [3.8, 4) is 0 Å². The van der Waals surface area contributed by atoms with Gasteiger partial charge in [0.1, 0.15) is 0 Å². The Bertz CT molecular complexity index is 220. The quantitative estimate of drug-likeness (QED) is 0.700. The highest BCUT2D eigenvalue weighted by Gasteiger charge is 2.37. The number of rotatable bonds is 3. The summed E-state index contributed by atoms with van der Waals surface area (Å²) in [6, 6.07) is -0.0954. The van der Waals surface area contributed by atoms with Crippen LogP contribution >= 0.6 is 0 Å². The Hall–Kier alpha value is -0.610. The predicted octanol–water partition coefficient (Wildman–Crippen LogP) is 0.113. The van der Waals surface area contributed by atoms with E-state index in [0.29, 0.717) is 12.2 Å². The Morgan fingerprint density at radius 1 is 1.50 bits per heavy atom. The van der Waals surface area contributed by atoms with Crippen molar-refractivity contribution < 1.29 is 9.53 Å². The van der Waals surface area contributed by atoms with E-state index in [1.165, 1.54) is 0 Å². The van der Waals surface area contributed by atoms with Crippen molar-refractivity contribution in [3.05, 3.63) is 0 Å². The minimum atomic E-state index is -0.200. The Labute approximate surface area is 84.4 Å². The average Bonchev–Trinajstić information content (AvgIpc) is 2.46. The van der Waals surface area contributed by atoms with Crippen LogP contribution in [0.15, 0.2) is 0 Å². The number of fused-ring (bicyclic) bond motifs is 2. The topological polar surface area (TPSA) is 55.6 Å². The summed E-state index contributed by atoms with van der Waals surface area (Å²) >= 11 is 0. The third-order valence-electron chi connectivity index (χ3n) is 3.23. The third kappa shape index (κ3) is 1.77. The second kappa shape index (κ2) is 3.87. The van der Waals surface area contributed by atoms with E-state index in [-0.39, 0.29) is 11.9 Å². The minimum Gasteiger partial charge on any atom is -0.372 e. The zero-order chi connectivity index (χ0) is 10.1. The molecule has 0 aromatic heterocycles. The standard InChI is InChI=1S/C10H18N2O2/c1-2-9(10(11)13)12-5-7-3-4-8(6-12)14-7/h7-9H,2-6H2,1H3,(H2,11,13). The highest BCUT2D eigenvalue weighted by Crippen LogP contribution is 2.27. The molecule has 0 aliphatic carbocycles. The summed E-state index contributed by atoms with van der Waals surface area (Å²) in [5, 5.41) is 0. The highest BCUT2D eigenvalue weighted by molar-refractivity contribution is 5.79. The molecule has 2 fully saturated rings. The van der Waals surface area contributed by atoms with Crippen LogP contribution in [0.25, 0.3) is 0 Å². The first kappa shape index (κ1) is 9.93. The monoisotopic (exact) mass is 198 g/mol. The van der Waals surface area contributed by atoms with E-state index in [1.54, 1.807) is 0 Å². The van der Waals surface area contributed by atoms with Crippen LogP contribution in [0.2, 0.25) is 0 Å². The molecule has 0 spiro atoms. The highest BCUT2D eigenvalue weighted by atomic mass is 16.5. The van der Waals surface area contributed by atoms with Gasteiger partial charge in [-0.25, -0.2) is 0 Å². The van der Waals surface area contributed by atoms with E-state index >= 15 is 0 Å². The molecule has 0 radical (unpaired) electrons. The van der Waals surface area contributed by atoms with Crippen molar-refractivity contribution in [1.82, 2.24) is 4.90 Å². The number of carbonyl (C=O) groups is 1. The number of nitrogens with two attached hydrogens (primary N) is 1. The van der Waals surface area contributed by atoms with Gasteiger partial charge in [-0.15, -0.1) is 0 Å². The molecule has 2 rings (SSSR count). The fourth-order valence-corrected chi connectivity index (χ4v) is 2.54. The molecule has 0 saturated carbocycles. The maximum Gasteiger partial charge on any atom is 0.234 e. The lowest BCUT2D eigenvalue weighted by Crippen LogP contribution is -2.52. The molecule has 80 valence electrons. The fraction of sp³-hybridized carbons (Fsp3) is 0.900. The molecule has 4 heteroatoms. The first-order chi connectivity index (χ1) is 6.70. The summed E-state index contributed by atoms with van der Waals surface area (Å²) in [5.74, 6) is -0.200. The van der Waals surface area contributed by atoms with E-state index in [1.807, 2.05) is 6.92 Å². The molecular formula is C10H18N2O2. The lowest BCUT2D eigenvalue weighted by atomic mass is 10.1. The van der Waals surface area contributed by atoms with Gasteiger partial charge in [-0.05, 0) is 19.3 Å². The zero-order valence-electron chi connectivity index (χ0n) is 8.61. The molecule has 2 aliphatic rings. The van der Waals surface area contributed by atoms with Gasteiger partial charge in [0.2, 0.25) is 5.91 Å². The third-order valence-corrected chi connectivity index (χ3v) is 3.23. The molecule has 2 heterocycles. The Morgan fingerprint density at radius 2 is 2.07 bits per heavy atom. The van der Waals surface area contributed by atoms with E-state index in [2.05, 4.69) is 4.90 Å². The molecule has 0 aromatic rings. The minimum absolute atomic E-state index is 0.0954. The van der Waals surface area contributed by atoms with Crippen molar-refractivity contribution in [1.29, 1.82) is 0 Å². The molecule has 4 nitrogen and oxygen atoms in total. The predicted molar refractivity (Wildman–Crippen MR) is 52.7 cm³/mol. The SMILES string of the molecule is CCC(C(N)=O)N1CC2CCC(C1)O2. The van der Waals surface area contributed by atoms with Gasteiger partial charge in [0.25, 0.3) is 0 Å². The summed E-state index contributed by atoms with van der Waals surface area (Å²) in [6.45, 7) is 3.75. The first-order valence-corrected chi connectivity index (χ1v) is 5.39. The lowest BCUT2D eigenvalue weighted by Gasteiger charge is -2.36. The zero-order valence-corrected chi connectivity index (χ0v) is 8.61. The van der Waals surface area contributed by atoms with Gasteiger partial charge in [0.15, 0.2) is 0 Å². The maximum absolute atomic E-state index is 11.2. The van der Waals surface area contributed by atoms with Gasteiger partial charge in [0.05, 0.1) is 18.2 Å². The second-order valence-electron chi connectivity index (χ2n) is 4.24. The maximum atomic E-state index is 11.2. The van der Waals surface area contributed by atoms with Crippen LogP contribution in [0.1, 0.15) is 26.2 Å². The van der Waals surface area contributed by atoms with Crippen molar-refractivity contribution in [2.45, 2.75) is 44.4 Å². The molecule has 3 atom stereocenters. The van der Waals surface area contributed by atoms with Gasteiger partial charge < -0.3 is 10.5 Å². The van der Waals surface area contributed by atoms with Crippen LogP contribution in [0.4, 0.5) is 0 Å². The van der Waals surface area contributed by atoms with E-state index in [0.717, 1.165) is 32.4 Å². The molecule has 2 aliphatic heterocycles. The molecule has 14 heavy (non-hydrogen) atoms. The number of morpholine rings is 1. The van der Waals surface area contributed by atoms with Crippen LogP contribution in [0.5, 0.6) is 0 Å². The summed E-state index contributed by atoms with van der Waals surface area (Å²) in [6.07, 6.45) is 3.74. The number of hydrogen-bond acceptors (Lipinski definition) is 3. The lowest BCUT2D eigenvalue weighted by molar-refractivity contribution is -0.127. The van der Waals surface area contributed by atoms with Crippen molar-refractivity contribution in [2.24, 2.45) is 5.73 Å². The van der Waals surface area contributed by atoms with Crippen molar-refractivity contribution in [3.63, 3.8) is 0 Å². The average molecular weight is 198 g/mol. The molecule has 0 aromatic carbocycles. The number of amides is 1. The molecule has 2 bridgehead atoms. The second-order valence-corrected chi connectivity index (χ2v) is 4.24. The molecule has 2 saturated heterocycles. The van der Waals surface area contributed by atoms with Crippen molar-refractivity contribution in [2.75, 3.05) is 13.1 Å². The Kier molecular flexibility index (Phi) is 2.74. The molecule has 2 N–H and O–H groups in total. The van der Waals surface area contributed by atoms with E-state index in [9.17, 15) is 4.79 Å². The van der Waals surface area contributed by atoms with Gasteiger partial charge in [-0.3, -0.25) is 9.69 Å². The van der Waals surface area contributed by atoms with Crippen LogP contribution < -0.4 is 5.73 Å². The van der Waals surface area contributed by atoms with Crippen LogP contribution in [0.3, 0.4) is 0 Å². The summed E-state index contributed by atoms with van der Waals surface area (Å²) in [5.41, 5.74) is 5.37. The van der Waals surface area contributed by atoms with Gasteiger partial charge in [0, 0.05) is 13.1 Å². The number of likely N-dealkylation sites (tertiary alicyclic amines) is 1. The number of carbonyl (C=O) groups excluding carboxylic acids is 1. The van der Waals surface area contributed by atoms with Gasteiger partial charge in [-0.2, -0.15) is 0 Å². The van der Waals surface area contributed by atoms with E-state index < -0.39 is 0 Å². The first-order valence-electron chi connectivity index (χ1n) is 5.39. The number of nitrogens with zero attached hydrogens (tertiary/aromatic N) is 1. The smallest absolute Gasteiger partial charge is 0.234 e.